The summed E-state index contributed by atoms with van der Waals surface area (Å²) in [7, 11) is 1.68. The van der Waals surface area contributed by atoms with Gasteiger partial charge in [-0.1, -0.05) is 19.1 Å². The van der Waals surface area contributed by atoms with Crippen LogP contribution in [0.25, 0.3) is 10.9 Å². The van der Waals surface area contributed by atoms with Crippen LogP contribution in [0, 0.1) is 12.8 Å². The lowest BCUT2D eigenvalue weighted by molar-refractivity contribution is 0.0887. The Labute approximate surface area is 114 Å². The van der Waals surface area contributed by atoms with Gasteiger partial charge in [-0.3, -0.25) is 4.98 Å². The van der Waals surface area contributed by atoms with Gasteiger partial charge in [-0.15, -0.1) is 0 Å². The Bertz CT molecular complexity index is 553. The molecule has 0 spiro atoms. The van der Waals surface area contributed by atoms with E-state index >= 15 is 0 Å². The van der Waals surface area contributed by atoms with Crippen molar-refractivity contribution in [3.8, 4) is 0 Å². The molecule has 2 rings (SSSR count). The van der Waals surface area contributed by atoms with Crippen molar-refractivity contribution in [3.05, 3.63) is 41.6 Å². The molecule has 102 valence electrons. The molecule has 1 heterocycles. The average molecular weight is 259 g/mol. The second-order valence-corrected chi connectivity index (χ2v) is 5.11. The number of methoxy groups -OCH3 is 1. The fourth-order valence-corrected chi connectivity index (χ4v) is 2.22. The van der Waals surface area contributed by atoms with E-state index in [1.165, 1.54) is 0 Å². The molecule has 2 atom stereocenters. The Morgan fingerprint density at radius 3 is 2.79 bits per heavy atom. The average Bonchev–Trinajstić information content (AvgIpc) is 2.43. The Morgan fingerprint density at radius 1 is 1.26 bits per heavy atom. The van der Waals surface area contributed by atoms with Gasteiger partial charge in [0.2, 0.25) is 0 Å². The van der Waals surface area contributed by atoms with Crippen LogP contribution >= 0.6 is 0 Å². The number of fused-ring (bicyclic) bond motifs is 1. The third-order valence-electron chi connectivity index (χ3n) is 3.51. The van der Waals surface area contributed by atoms with E-state index in [0.717, 1.165) is 28.6 Å². The van der Waals surface area contributed by atoms with E-state index < -0.39 is 6.10 Å². The zero-order valence-corrected chi connectivity index (χ0v) is 11.8. The number of aliphatic hydroxyl groups is 1. The normalized spacial score (nSPS) is 14.5. The SMILES string of the molecule is COCCC(C)C(O)c1ccc2nc(C)ccc2c1. The van der Waals surface area contributed by atoms with Gasteiger partial charge in [0.1, 0.15) is 0 Å². The summed E-state index contributed by atoms with van der Waals surface area (Å²) < 4.78 is 5.06. The number of rotatable bonds is 5. The summed E-state index contributed by atoms with van der Waals surface area (Å²) >= 11 is 0. The van der Waals surface area contributed by atoms with E-state index in [1.54, 1.807) is 7.11 Å². The number of aliphatic hydroxyl groups excluding tert-OH is 1. The summed E-state index contributed by atoms with van der Waals surface area (Å²) in [6.45, 7) is 4.70. The van der Waals surface area contributed by atoms with Crippen LogP contribution < -0.4 is 0 Å². The molecule has 0 aliphatic heterocycles. The van der Waals surface area contributed by atoms with E-state index in [9.17, 15) is 5.11 Å². The molecule has 0 saturated carbocycles. The zero-order valence-electron chi connectivity index (χ0n) is 11.8. The van der Waals surface area contributed by atoms with Gasteiger partial charge in [0.15, 0.2) is 0 Å². The molecule has 0 radical (unpaired) electrons. The first-order chi connectivity index (χ1) is 9.11. The van der Waals surface area contributed by atoms with Gasteiger partial charge in [-0.2, -0.15) is 0 Å². The Kier molecular flexibility index (Phi) is 4.51. The van der Waals surface area contributed by atoms with Gasteiger partial charge in [-0.25, -0.2) is 0 Å². The lowest BCUT2D eigenvalue weighted by atomic mass is 9.94. The lowest BCUT2D eigenvalue weighted by Gasteiger charge is -2.19. The summed E-state index contributed by atoms with van der Waals surface area (Å²) in [6, 6.07) is 10.0. The maximum Gasteiger partial charge on any atom is 0.0816 e. The molecule has 0 bridgehead atoms. The van der Waals surface area contributed by atoms with Gasteiger partial charge in [0, 0.05) is 24.8 Å². The van der Waals surface area contributed by atoms with Gasteiger partial charge in [-0.05, 0) is 43.0 Å². The number of aryl methyl sites for hydroxylation is 1. The van der Waals surface area contributed by atoms with Crippen molar-refractivity contribution in [2.75, 3.05) is 13.7 Å². The maximum absolute atomic E-state index is 10.4. The highest BCUT2D eigenvalue weighted by molar-refractivity contribution is 5.79. The molecular weight excluding hydrogens is 238 g/mol. The third kappa shape index (κ3) is 3.31. The largest absolute Gasteiger partial charge is 0.388 e. The van der Waals surface area contributed by atoms with E-state index in [1.807, 2.05) is 44.2 Å². The lowest BCUT2D eigenvalue weighted by Crippen LogP contribution is -2.11. The van der Waals surface area contributed by atoms with Crippen LogP contribution in [-0.2, 0) is 4.74 Å². The summed E-state index contributed by atoms with van der Waals surface area (Å²) in [5.74, 6) is 0.177. The maximum atomic E-state index is 10.4. The Morgan fingerprint density at radius 2 is 2.05 bits per heavy atom. The number of hydrogen-bond acceptors (Lipinski definition) is 3. The molecule has 19 heavy (non-hydrogen) atoms. The molecule has 1 aromatic heterocycles. The van der Waals surface area contributed by atoms with Crippen LogP contribution in [0.5, 0.6) is 0 Å². The molecule has 0 amide bonds. The smallest absolute Gasteiger partial charge is 0.0816 e. The predicted octanol–water partition coefficient (Wildman–Crippen LogP) is 3.25. The standard InChI is InChI=1S/C16H21NO2/c1-11(8-9-19-3)16(18)14-6-7-15-13(10-14)5-4-12(2)17-15/h4-7,10-11,16,18H,8-9H2,1-3H3. The number of ether oxygens (including phenoxy) is 1. The monoisotopic (exact) mass is 259 g/mol. The highest BCUT2D eigenvalue weighted by atomic mass is 16.5. The van der Waals surface area contributed by atoms with Gasteiger partial charge < -0.3 is 9.84 Å². The summed E-state index contributed by atoms with van der Waals surface area (Å²) in [4.78, 5) is 4.47. The van der Waals surface area contributed by atoms with E-state index in [0.29, 0.717) is 6.61 Å². The first-order valence-corrected chi connectivity index (χ1v) is 6.66. The zero-order chi connectivity index (χ0) is 13.8. The molecule has 3 nitrogen and oxygen atoms in total. The van der Waals surface area contributed by atoms with Crippen LogP contribution in [0.2, 0.25) is 0 Å². The fraction of sp³-hybridized carbons (Fsp3) is 0.438. The number of nitrogens with zero attached hydrogens (tertiary/aromatic N) is 1. The van der Waals surface area contributed by atoms with Gasteiger partial charge >= 0.3 is 0 Å². The molecule has 1 N–H and O–H groups in total. The topological polar surface area (TPSA) is 42.4 Å². The van der Waals surface area contributed by atoms with E-state index in [2.05, 4.69) is 4.98 Å². The predicted molar refractivity (Wildman–Crippen MR) is 77.1 cm³/mol. The molecule has 0 saturated heterocycles. The van der Waals surface area contributed by atoms with Crippen LogP contribution in [-0.4, -0.2) is 23.8 Å². The number of aromatic nitrogens is 1. The first kappa shape index (κ1) is 14.0. The minimum atomic E-state index is -0.458. The van der Waals surface area contributed by atoms with Crippen LogP contribution in [0.1, 0.15) is 30.7 Å². The second-order valence-electron chi connectivity index (χ2n) is 5.11. The van der Waals surface area contributed by atoms with Crippen LogP contribution in [0.3, 0.4) is 0 Å². The van der Waals surface area contributed by atoms with Crippen molar-refractivity contribution in [2.45, 2.75) is 26.4 Å². The van der Waals surface area contributed by atoms with E-state index in [4.69, 9.17) is 4.74 Å². The van der Waals surface area contributed by atoms with Crippen molar-refractivity contribution in [2.24, 2.45) is 5.92 Å². The summed E-state index contributed by atoms with van der Waals surface area (Å²) in [6.07, 6.45) is 0.392. The van der Waals surface area contributed by atoms with Crippen molar-refractivity contribution < 1.29 is 9.84 Å². The van der Waals surface area contributed by atoms with Crippen molar-refractivity contribution >= 4 is 10.9 Å². The molecule has 0 fully saturated rings. The summed E-state index contributed by atoms with van der Waals surface area (Å²) in [5, 5.41) is 11.4. The highest BCUT2D eigenvalue weighted by Crippen LogP contribution is 2.26. The molecule has 3 heteroatoms. The molecule has 0 aliphatic rings. The minimum absolute atomic E-state index is 0.177. The number of pyridine rings is 1. The Hall–Kier alpha value is -1.45. The van der Waals surface area contributed by atoms with Crippen molar-refractivity contribution in [1.82, 2.24) is 4.98 Å². The highest BCUT2D eigenvalue weighted by Gasteiger charge is 2.16. The van der Waals surface area contributed by atoms with Crippen LogP contribution in [0.4, 0.5) is 0 Å². The van der Waals surface area contributed by atoms with Gasteiger partial charge in [0.05, 0.1) is 11.6 Å². The molecule has 2 aromatic rings. The number of benzene rings is 1. The first-order valence-electron chi connectivity index (χ1n) is 6.66. The Balaban J connectivity index is 2.22. The summed E-state index contributed by atoms with van der Waals surface area (Å²) in [5.41, 5.74) is 2.93. The molecule has 1 aromatic carbocycles. The quantitative estimate of drug-likeness (QED) is 0.896. The molecule has 2 unspecified atom stereocenters. The fourth-order valence-electron chi connectivity index (χ4n) is 2.22. The third-order valence-corrected chi connectivity index (χ3v) is 3.51. The van der Waals surface area contributed by atoms with Gasteiger partial charge in [0.25, 0.3) is 0 Å². The molecular formula is C16H21NO2. The second kappa shape index (κ2) is 6.13. The number of hydrogen-bond donors (Lipinski definition) is 1. The van der Waals surface area contributed by atoms with E-state index in [-0.39, 0.29) is 5.92 Å². The molecule has 0 aliphatic carbocycles. The minimum Gasteiger partial charge on any atom is -0.388 e. The van der Waals surface area contributed by atoms with Crippen molar-refractivity contribution in [3.63, 3.8) is 0 Å². The van der Waals surface area contributed by atoms with Crippen molar-refractivity contribution in [1.29, 1.82) is 0 Å². The van der Waals surface area contributed by atoms with Crippen LogP contribution in [0.15, 0.2) is 30.3 Å².